The Morgan fingerprint density at radius 3 is 2.45 bits per heavy atom. The zero-order chi connectivity index (χ0) is 21.0. The number of nitrogens with one attached hydrogen (secondary N) is 1. The van der Waals surface area contributed by atoms with Crippen LogP contribution in [-0.4, -0.2) is 49.0 Å². The maximum absolute atomic E-state index is 12.8. The number of nitrogens with zero attached hydrogens (tertiary/aromatic N) is 2. The number of carbonyl (C=O) groups is 2. The number of amides is 2. The van der Waals surface area contributed by atoms with E-state index < -0.39 is 5.91 Å². The maximum Gasteiger partial charge on any atom is 0.250 e. The molecule has 0 saturated carbocycles. The van der Waals surface area contributed by atoms with E-state index in [0.717, 1.165) is 43.2 Å². The molecule has 9 heteroatoms. The number of hydrogen-bond donors (Lipinski definition) is 2. The van der Waals surface area contributed by atoms with Gasteiger partial charge in [-0.1, -0.05) is 0 Å². The van der Waals surface area contributed by atoms with E-state index in [-0.39, 0.29) is 17.4 Å². The lowest BCUT2D eigenvalue weighted by atomic mass is 9.95. The highest BCUT2D eigenvalue weighted by Gasteiger charge is 2.27. The summed E-state index contributed by atoms with van der Waals surface area (Å²) in [6, 6.07) is 3.05. The van der Waals surface area contributed by atoms with Crippen molar-refractivity contribution in [1.29, 1.82) is 0 Å². The van der Waals surface area contributed by atoms with Crippen molar-refractivity contribution in [2.75, 3.05) is 32.6 Å². The lowest BCUT2D eigenvalue weighted by Gasteiger charge is -2.30. The molecule has 2 amide bonds. The van der Waals surface area contributed by atoms with E-state index in [0.29, 0.717) is 17.2 Å². The van der Waals surface area contributed by atoms with Gasteiger partial charge in [-0.3, -0.25) is 14.5 Å². The van der Waals surface area contributed by atoms with Crippen LogP contribution in [0.4, 0.5) is 5.69 Å². The van der Waals surface area contributed by atoms with Gasteiger partial charge in [0.05, 0.1) is 36.2 Å². The molecular formula is C20H26N4O4S. The lowest BCUT2D eigenvalue weighted by molar-refractivity contribution is -0.121. The van der Waals surface area contributed by atoms with Crippen molar-refractivity contribution >= 4 is 28.8 Å². The van der Waals surface area contributed by atoms with E-state index in [9.17, 15) is 9.59 Å². The Labute approximate surface area is 174 Å². The largest absolute Gasteiger partial charge is 0.493 e. The topological polar surface area (TPSA) is 107 Å². The third kappa shape index (κ3) is 5.04. The van der Waals surface area contributed by atoms with Crippen molar-refractivity contribution in [3.63, 3.8) is 0 Å². The number of rotatable bonds is 7. The first-order valence-corrected chi connectivity index (χ1v) is 10.3. The first-order valence-electron chi connectivity index (χ1n) is 9.41. The molecular weight excluding hydrogens is 392 g/mol. The molecule has 1 aromatic heterocycles. The summed E-state index contributed by atoms with van der Waals surface area (Å²) in [5.74, 6) is -0.0956. The maximum atomic E-state index is 12.8. The fourth-order valence-corrected chi connectivity index (χ4v) is 4.09. The minimum absolute atomic E-state index is 0.121. The standard InChI is InChI=1S/C20H26N4O4S/c1-12-22-14(11-29-12)10-24-6-4-13(5-7-24)20(26)23-16-9-18(28-3)17(27-2)8-15(16)19(21)25/h8-9,11,13H,4-7,10H2,1-3H3,(H2,21,25)(H,23,26). The van der Waals surface area contributed by atoms with Crippen molar-refractivity contribution < 1.29 is 19.1 Å². The molecule has 2 aromatic rings. The number of hydrogen-bond acceptors (Lipinski definition) is 7. The second kappa shape index (κ2) is 9.23. The fourth-order valence-electron chi connectivity index (χ4n) is 3.48. The number of aromatic nitrogens is 1. The summed E-state index contributed by atoms with van der Waals surface area (Å²) < 4.78 is 10.5. The smallest absolute Gasteiger partial charge is 0.250 e. The summed E-state index contributed by atoms with van der Waals surface area (Å²) in [7, 11) is 2.97. The van der Waals surface area contributed by atoms with Crippen LogP contribution in [0.2, 0.25) is 0 Å². The van der Waals surface area contributed by atoms with Gasteiger partial charge in [0.25, 0.3) is 5.91 Å². The molecule has 1 saturated heterocycles. The van der Waals surface area contributed by atoms with Crippen molar-refractivity contribution in [2.24, 2.45) is 11.7 Å². The molecule has 3 N–H and O–H groups in total. The first-order chi connectivity index (χ1) is 13.9. The van der Waals surface area contributed by atoms with E-state index >= 15 is 0 Å². The second-order valence-corrected chi connectivity index (χ2v) is 8.08. The number of aryl methyl sites for hydroxylation is 1. The summed E-state index contributed by atoms with van der Waals surface area (Å²) in [6.45, 7) is 4.45. The number of nitrogens with two attached hydrogens (primary N) is 1. The van der Waals surface area contributed by atoms with Gasteiger partial charge in [0.2, 0.25) is 5.91 Å². The number of primary amides is 1. The van der Waals surface area contributed by atoms with Crippen LogP contribution in [0.3, 0.4) is 0 Å². The average Bonchev–Trinajstić information content (AvgIpc) is 3.12. The van der Waals surface area contributed by atoms with Gasteiger partial charge in [0.15, 0.2) is 11.5 Å². The lowest BCUT2D eigenvalue weighted by Crippen LogP contribution is -2.38. The van der Waals surface area contributed by atoms with Gasteiger partial charge >= 0.3 is 0 Å². The highest BCUT2D eigenvalue weighted by molar-refractivity contribution is 7.09. The third-order valence-electron chi connectivity index (χ3n) is 5.06. The van der Waals surface area contributed by atoms with Gasteiger partial charge in [0, 0.05) is 23.9 Å². The molecule has 156 valence electrons. The van der Waals surface area contributed by atoms with E-state index in [1.807, 2.05) is 6.92 Å². The van der Waals surface area contributed by atoms with Gasteiger partial charge < -0.3 is 20.5 Å². The highest BCUT2D eigenvalue weighted by atomic mass is 32.1. The summed E-state index contributed by atoms with van der Waals surface area (Å²) >= 11 is 1.65. The Balaban J connectivity index is 1.64. The number of piperidine rings is 1. The predicted molar refractivity (Wildman–Crippen MR) is 112 cm³/mol. The number of likely N-dealkylation sites (tertiary alicyclic amines) is 1. The quantitative estimate of drug-likeness (QED) is 0.715. The van der Waals surface area contributed by atoms with Crippen LogP contribution in [0.25, 0.3) is 0 Å². The molecule has 0 unspecified atom stereocenters. The summed E-state index contributed by atoms with van der Waals surface area (Å²) in [5, 5.41) is 6.00. The predicted octanol–water partition coefficient (Wildman–Crippen LogP) is 2.42. The minimum atomic E-state index is -0.644. The van der Waals surface area contributed by atoms with Crippen LogP contribution in [-0.2, 0) is 11.3 Å². The molecule has 0 spiro atoms. The van der Waals surface area contributed by atoms with Crippen LogP contribution < -0.4 is 20.5 Å². The highest BCUT2D eigenvalue weighted by Crippen LogP contribution is 2.34. The Hall–Kier alpha value is -2.65. The van der Waals surface area contributed by atoms with Crippen LogP contribution >= 0.6 is 11.3 Å². The summed E-state index contributed by atoms with van der Waals surface area (Å²) in [6.07, 6.45) is 1.49. The van der Waals surface area contributed by atoms with Gasteiger partial charge in [0.1, 0.15) is 0 Å². The number of thiazole rings is 1. The molecule has 8 nitrogen and oxygen atoms in total. The molecule has 1 fully saturated rings. The molecule has 0 bridgehead atoms. The summed E-state index contributed by atoms with van der Waals surface area (Å²) in [5.41, 5.74) is 7.08. The Kier molecular flexibility index (Phi) is 6.71. The normalized spacial score (nSPS) is 15.1. The van der Waals surface area contributed by atoms with E-state index in [4.69, 9.17) is 15.2 Å². The molecule has 29 heavy (non-hydrogen) atoms. The van der Waals surface area contributed by atoms with Gasteiger partial charge in [-0.15, -0.1) is 11.3 Å². The third-order valence-corrected chi connectivity index (χ3v) is 5.88. The Bertz CT molecular complexity index is 891. The molecule has 0 atom stereocenters. The van der Waals surface area contributed by atoms with Crippen LogP contribution in [0, 0.1) is 12.8 Å². The number of carbonyl (C=O) groups excluding carboxylic acids is 2. The minimum Gasteiger partial charge on any atom is -0.493 e. The van der Waals surface area contributed by atoms with E-state index in [1.165, 1.54) is 20.3 Å². The molecule has 0 radical (unpaired) electrons. The first kappa shape index (κ1) is 21.1. The molecule has 1 aliphatic rings. The molecule has 1 aliphatic heterocycles. The average molecular weight is 419 g/mol. The fraction of sp³-hybridized carbons (Fsp3) is 0.450. The van der Waals surface area contributed by atoms with Crippen molar-refractivity contribution in [1.82, 2.24) is 9.88 Å². The zero-order valence-electron chi connectivity index (χ0n) is 16.9. The van der Waals surface area contributed by atoms with Crippen molar-refractivity contribution in [2.45, 2.75) is 26.3 Å². The van der Waals surface area contributed by atoms with Crippen molar-refractivity contribution in [3.8, 4) is 11.5 Å². The number of benzene rings is 1. The van der Waals surface area contributed by atoms with Gasteiger partial charge in [-0.05, 0) is 38.9 Å². The monoisotopic (exact) mass is 418 g/mol. The molecule has 1 aromatic carbocycles. The zero-order valence-corrected chi connectivity index (χ0v) is 17.7. The van der Waals surface area contributed by atoms with E-state index in [1.54, 1.807) is 17.4 Å². The molecule has 2 heterocycles. The number of methoxy groups -OCH3 is 2. The van der Waals surface area contributed by atoms with Crippen LogP contribution in [0.1, 0.15) is 33.9 Å². The molecule has 0 aliphatic carbocycles. The summed E-state index contributed by atoms with van der Waals surface area (Å²) in [4.78, 5) is 31.4. The van der Waals surface area contributed by atoms with E-state index in [2.05, 4.69) is 20.6 Å². The molecule has 3 rings (SSSR count). The van der Waals surface area contributed by atoms with Gasteiger partial charge in [-0.2, -0.15) is 0 Å². The van der Waals surface area contributed by atoms with Crippen molar-refractivity contribution in [3.05, 3.63) is 33.8 Å². The Morgan fingerprint density at radius 1 is 1.24 bits per heavy atom. The second-order valence-electron chi connectivity index (χ2n) is 7.01. The number of ether oxygens (including phenoxy) is 2. The number of anilines is 1. The van der Waals surface area contributed by atoms with Gasteiger partial charge in [-0.25, -0.2) is 4.98 Å². The Morgan fingerprint density at radius 2 is 1.90 bits per heavy atom. The SMILES string of the molecule is COc1cc(NC(=O)C2CCN(Cc3csc(C)n3)CC2)c(C(N)=O)cc1OC. The van der Waals surface area contributed by atoms with Crippen LogP contribution in [0.5, 0.6) is 11.5 Å². The van der Waals surface area contributed by atoms with Crippen LogP contribution in [0.15, 0.2) is 17.5 Å².